The zero-order chi connectivity index (χ0) is 33.3. The number of carboxylic acids is 1. The Labute approximate surface area is 277 Å². The Morgan fingerprint density at radius 1 is 0.979 bits per heavy atom. The van der Waals surface area contributed by atoms with Gasteiger partial charge in [0, 0.05) is 49.2 Å². The Bertz CT molecular complexity index is 1640. The second kappa shape index (κ2) is 15.5. The number of rotatable bonds is 18. The van der Waals surface area contributed by atoms with Gasteiger partial charge < -0.3 is 19.3 Å². The van der Waals surface area contributed by atoms with Crippen LogP contribution in [0.3, 0.4) is 0 Å². The number of carboxylic acid groups (broad SMARTS) is 1. The summed E-state index contributed by atoms with van der Waals surface area (Å²) in [5.41, 5.74) is 2.68. The third-order valence-electron chi connectivity index (χ3n) is 9.05. The van der Waals surface area contributed by atoms with E-state index >= 15 is 0 Å². The van der Waals surface area contributed by atoms with Gasteiger partial charge in [-0.1, -0.05) is 72.1 Å². The SMILES string of the molecule is CC(C)(C)CCCCCCCCCCCOCn1ccc2c(-c3cnn(C4(CC#N)CN(c5cnc(C(=O)O)cn5)C4)c3)ccnc21. The molecule has 0 bridgehead atoms. The van der Waals surface area contributed by atoms with E-state index < -0.39 is 11.5 Å². The maximum atomic E-state index is 11.1. The number of nitriles is 1. The predicted molar refractivity (Wildman–Crippen MR) is 182 cm³/mol. The first-order chi connectivity index (χ1) is 22.7. The van der Waals surface area contributed by atoms with Crippen molar-refractivity contribution < 1.29 is 14.6 Å². The molecule has 1 fully saturated rings. The molecule has 11 nitrogen and oxygen atoms in total. The van der Waals surface area contributed by atoms with Gasteiger partial charge in [0.15, 0.2) is 5.69 Å². The summed E-state index contributed by atoms with van der Waals surface area (Å²) in [6.45, 7) is 9.22. The van der Waals surface area contributed by atoms with Crippen LogP contribution in [-0.4, -0.2) is 60.1 Å². The number of aromatic nitrogens is 6. The maximum absolute atomic E-state index is 11.1. The number of aromatic carboxylic acids is 1. The van der Waals surface area contributed by atoms with E-state index in [-0.39, 0.29) is 12.1 Å². The minimum atomic E-state index is -1.12. The Kier molecular flexibility index (Phi) is 11.2. The van der Waals surface area contributed by atoms with Crippen LogP contribution >= 0.6 is 0 Å². The Balaban J connectivity index is 1.08. The average molecular weight is 641 g/mol. The fourth-order valence-corrected chi connectivity index (χ4v) is 6.33. The largest absolute Gasteiger partial charge is 0.476 e. The van der Waals surface area contributed by atoms with Crippen molar-refractivity contribution >= 4 is 22.8 Å². The third-order valence-corrected chi connectivity index (χ3v) is 9.05. The third kappa shape index (κ3) is 8.74. The second-order valence-electron chi connectivity index (χ2n) is 14.1. The highest BCUT2D eigenvalue weighted by atomic mass is 16.5. The number of pyridine rings is 1. The van der Waals surface area contributed by atoms with E-state index in [1.807, 2.05) is 45.0 Å². The van der Waals surface area contributed by atoms with Gasteiger partial charge in [-0.15, -0.1) is 0 Å². The molecule has 11 heteroatoms. The maximum Gasteiger partial charge on any atom is 0.356 e. The number of nitrogens with zero attached hydrogens (tertiary/aromatic N) is 8. The molecule has 0 radical (unpaired) electrons. The fraction of sp³-hybridized carbons (Fsp3) is 0.556. The normalized spacial score (nSPS) is 14.3. The lowest BCUT2D eigenvalue weighted by Crippen LogP contribution is -2.63. The van der Waals surface area contributed by atoms with E-state index in [9.17, 15) is 10.1 Å². The van der Waals surface area contributed by atoms with Crippen LogP contribution in [0.5, 0.6) is 0 Å². The van der Waals surface area contributed by atoms with Crippen molar-refractivity contribution in [2.24, 2.45) is 5.41 Å². The first-order valence-electron chi connectivity index (χ1n) is 16.9. The molecule has 0 atom stereocenters. The summed E-state index contributed by atoms with van der Waals surface area (Å²) in [5.74, 6) is -0.545. The summed E-state index contributed by atoms with van der Waals surface area (Å²) in [7, 11) is 0. The summed E-state index contributed by atoms with van der Waals surface area (Å²) in [6, 6.07) is 6.37. The topological polar surface area (TPSA) is 135 Å². The number of fused-ring (bicyclic) bond motifs is 1. The molecule has 4 aromatic heterocycles. The first kappa shape index (κ1) is 34.0. The Hall–Kier alpha value is -4.30. The van der Waals surface area contributed by atoms with Crippen molar-refractivity contribution in [3.05, 3.63) is 55.0 Å². The van der Waals surface area contributed by atoms with Gasteiger partial charge in [-0.05, 0) is 36.0 Å². The zero-order valence-electron chi connectivity index (χ0n) is 28.1. The van der Waals surface area contributed by atoms with Gasteiger partial charge in [-0.25, -0.2) is 19.7 Å². The van der Waals surface area contributed by atoms with Crippen LogP contribution < -0.4 is 4.90 Å². The van der Waals surface area contributed by atoms with Crippen LogP contribution in [0.4, 0.5) is 5.82 Å². The molecule has 250 valence electrons. The first-order valence-corrected chi connectivity index (χ1v) is 16.9. The molecule has 0 aromatic carbocycles. The molecule has 1 aliphatic rings. The quantitative estimate of drug-likeness (QED) is 0.110. The van der Waals surface area contributed by atoms with E-state index in [4.69, 9.17) is 9.84 Å². The highest BCUT2D eigenvalue weighted by Crippen LogP contribution is 2.37. The standard InChI is InChI=1S/C36H48N8O3/c1-35(2,3)15-11-9-7-5-4-6-8-10-12-20-47-27-42-19-14-30-29(13-18-38-33(30)42)28-21-41-44(24-28)36(16-17-37)25-43(26-36)32-23-39-31(22-40-32)34(45)46/h13-14,18-19,21-24H,4-12,15-16,20,25-27H2,1-3H3,(H,45,46). The van der Waals surface area contributed by atoms with Gasteiger partial charge in [-0.2, -0.15) is 10.4 Å². The summed E-state index contributed by atoms with van der Waals surface area (Å²) in [4.78, 5) is 25.9. The number of unbranched alkanes of at least 4 members (excludes halogenated alkanes) is 8. The number of hydrogen-bond donors (Lipinski definition) is 1. The lowest BCUT2D eigenvalue weighted by molar-refractivity contribution is 0.0689. The molecular formula is C36H48N8O3. The van der Waals surface area contributed by atoms with Crippen molar-refractivity contribution in [2.75, 3.05) is 24.6 Å². The lowest BCUT2D eigenvalue weighted by atomic mass is 9.87. The number of anilines is 1. The Morgan fingerprint density at radius 3 is 2.36 bits per heavy atom. The van der Waals surface area contributed by atoms with Gasteiger partial charge in [0.05, 0.1) is 31.1 Å². The minimum absolute atomic E-state index is 0.104. The van der Waals surface area contributed by atoms with Crippen molar-refractivity contribution in [2.45, 2.75) is 104 Å². The van der Waals surface area contributed by atoms with Crippen LogP contribution in [0.25, 0.3) is 22.2 Å². The Morgan fingerprint density at radius 2 is 1.70 bits per heavy atom. The van der Waals surface area contributed by atoms with Crippen LogP contribution in [-0.2, 0) is 17.0 Å². The van der Waals surface area contributed by atoms with Crippen molar-refractivity contribution in [1.82, 2.24) is 29.3 Å². The van der Waals surface area contributed by atoms with E-state index in [0.29, 0.717) is 31.1 Å². The van der Waals surface area contributed by atoms with Crippen LogP contribution in [0.15, 0.2) is 49.3 Å². The van der Waals surface area contributed by atoms with Crippen LogP contribution in [0.2, 0.25) is 0 Å². The van der Waals surface area contributed by atoms with Gasteiger partial charge in [0.2, 0.25) is 0 Å². The van der Waals surface area contributed by atoms with Gasteiger partial charge >= 0.3 is 5.97 Å². The molecule has 0 aliphatic carbocycles. The molecule has 5 rings (SSSR count). The highest BCUT2D eigenvalue weighted by molar-refractivity contribution is 5.93. The van der Waals surface area contributed by atoms with Crippen LogP contribution in [0.1, 0.15) is 102 Å². The van der Waals surface area contributed by atoms with Crippen molar-refractivity contribution in [3.63, 3.8) is 0 Å². The highest BCUT2D eigenvalue weighted by Gasteiger charge is 2.46. The zero-order valence-corrected chi connectivity index (χ0v) is 28.1. The van der Waals surface area contributed by atoms with Crippen molar-refractivity contribution in [3.8, 4) is 17.2 Å². The molecule has 0 unspecified atom stereocenters. The number of carbonyl (C=O) groups is 1. The lowest BCUT2D eigenvalue weighted by Gasteiger charge is -2.49. The molecule has 0 amide bonds. The molecule has 1 saturated heterocycles. The van der Waals surface area contributed by atoms with Crippen molar-refractivity contribution in [1.29, 1.82) is 5.26 Å². The molecule has 4 aromatic rings. The average Bonchev–Trinajstić information content (AvgIpc) is 3.69. The molecular weight excluding hydrogens is 592 g/mol. The minimum Gasteiger partial charge on any atom is -0.476 e. The summed E-state index contributed by atoms with van der Waals surface area (Å²) >= 11 is 0. The molecule has 0 saturated carbocycles. The summed E-state index contributed by atoms with van der Waals surface area (Å²) in [5, 5.41) is 24.4. The van der Waals surface area contributed by atoms with Crippen LogP contribution in [0, 0.1) is 16.7 Å². The number of ether oxygens (including phenoxy) is 1. The fourth-order valence-electron chi connectivity index (χ4n) is 6.33. The summed E-state index contributed by atoms with van der Waals surface area (Å²) in [6.07, 6.45) is 23.6. The summed E-state index contributed by atoms with van der Waals surface area (Å²) < 4.78 is 9.95. The van der Waals surface area contributed by atoms with Gasteiger partial charge in [0.25, 0.3) is 0 Å². The smallest absolute Gasteiger partial charge is 0.356 e. The molecule has 1 aliphatic heterocycles. The predicted octanol–water partition coefficient (Wildman–Crippen LogP) is 7.44. The molecule has 5 heterocycles. The molecule has 47 heavy (non-hydrogen) atoms. The monoisotopic (exact) mass is 640 g/mol. The van der Waals surface area contributed by atoms with E-state index in [1.54, 1.807) is 0 Å². The molecule has 1 N–H and O–H groups in total. The van der Waals surface area contributed by atoms with E-state index in [0.717, 1.165) is 35.2 Å². The van der Waals surface area contributed by atoms with Gasteiger partial charge in [0.1, 0.15) is 23.7 Å². The molecule has 0 spiro atoms. The van der Waals surface area contributed by atoms with Gasteiger partial charge in [-0.3, -0.25) is 4.68 Å². The number of hydrogen-bond acceptors (Lipinski definition) is 8. The second-order valence-corrected chi connectivity index (χ2v) is 14.1. The van der Waals surface area contributed by atoms with E-state index in [2.05, 4.69) is 53.0 Å². The van der Waals surface area contributed by atoms with E-state index in [1.165, 1.54) is 70.2 Å².